The van der Waals surface area contributed by atoms with Gasteiger partial charge in [0.1, 0.15) is 12.0 Å². The summed E-state index contributed by atoms with van der Waals surface area (Å²) in [7, 11) is 0. The van der Waals surface area contributed by atoms with Gasteiger partial charge in [-0.1, -0.05) is 36.9 Å². The summed E-state index contributed by atoms with van der Waals surface area (Å²) in [6.07, 6.45) is -2.06. The first-order valence-corrected chi connectivity index (χ1v) is 7.76. The molecule has 1 amide bonds. The van der Waals surface area contributed by atoms with E-state index < -0.39 is 34.7 Å². The summed E-state index contributed by atoms with van der Waals surface area (Å²) in [5.41, 5.74) is -1.26. The molecule has 1 aliphatic rings. The molecular formula is C17H20N2O6. The lowest BCUT2D eigenvalue weighted by atomic mass is 9.77. The van der Waals surface area contributed by atoms with Crippen molar-refractivity contribution in [3.63, 3.8) is 0 Å². The molecule has 0 aromatic heterocycles. The van der Waals surface area contributed by atoms with Gasteiger partial charge in [-0.25, -0.2) is 14.5 Å². The van der Waals surface area contributed by atoms with Crippen LogP contribution in [0.1, 0.15) is 31.7 Å². The molecule has 0 aliphatic carbocycles. The molecule has 2 rings (SSSR count). The van der Waals surface area contributed by atoms with Gasteiger partial charge in [-0.3, -0.25) is 10.1 Å². The van der Waals surface area contributed by atoms with Gasteiger partial charge in [0.25, 0.3) is 0 Å². The van der Waals surface area contributed by atoms with Crippen molar-refractivity contribution in [3.05, 3.63) is 58.2 Å². The fourth-order valence-corrected chi connectivity index (χ4v) is 3.23. The van der Waals surface area contributed by atoms with E-state index in [1.807, 2.05) is 0 Å². The zero-order chi connectivity index (χ0) is 18.8. The normalized spacial score (nSPS) is 25.9. The summed E-state index contributed by atoms with van der Waals surface area (Å²) in [4.78, 5) is 35.6. The van der Waals surface area contributed by atoms with Crippen LogP contribution in [0.5, 0.6) is 0 Å². The minimum Gasteiger partial charge on any atom is -0.465 e. The standard InChI is InChI=1S/C17H20N2O6/c1-11(2)15(20)25-13-9-10-18(16(21)22)17(3,19(23)24)14(13)12-7-5-4-6-8-12/h4-8,13-14H,1,9-10H2,2-3H3,(H,21,22). The third-order valence-electron chi connectivity index (χ3n) is 4.51. The SMILES string of the molecule is C=C(C)C(=O)OC1CCN(C(=O)O)C(C)([N+](=O)[O-])C1c1ccccc1. The number of carboxylic acid groups (broad SMARTS) is 1. The van der Waals surface area contributed by atoms with Crippen molar-refractivity contribution in [1.29, 1.82) is 0 Å². The van der Waals surface area contributed by atoms with E-state index >= 15 is 0 Å². The second-order valence-corrected chi connectivity index (χ2v) is 6.19. The number of carbonyl (C=O) groups excluding carboxylic acids is 1. The largest absolute Gasteiger partial charge is 0.465 e. The molecule has 1 aliphatic heterocycles. The predicted molar refractivity (Wildman–Crippen MR) is 88.6 cm³/mol. The lowest BCUT2D eigenvalue weighted by molar-refractivity contribution is -0.602. The molecule has 1 saturated heterocycles. The molecule has 1 aromatic rings. The average Bonchev–Trinajstić information content (AvgIpc) is 2.55. The lowest BCUT2D eigenvalue weighted by Crippen LogP contribution is -2.64. The molecule has 25 heavy (non-hydrogen) atoms. The average molecular weight is 348 g/mol. The number of rotatable bonds is 4. The van der Waals surface area contributed by atoms with Crippen LogP contribution in [0.2, 0.25) is 0 Å². The highest BCUT2D eigenvalue weighted by molar-refractivity contribution is 5.87. The molecule has 1 aromatic carbocycles. The maximum atomic E-state index is 12.0. The number of benzene rings is 1. The number of piperidine rings is 1. The monoisotopic (exact) mass is 348 g/mol. The number of hydrogen-bond acceptors (Lipinski definition) is 5. The Morgan fingerprint density at radius 2 is 2.00 bits per heavy atom. The number of hydrogen-bond donors (Lipinski definition) is 1. The summed E-state index contributed by atoms with van der Waals surface area (Å²) in [6, 6.07) is 8.48. The van der Waals surface area contributed by atoms with Crippen molar-refractivity contribution in [1.82, 2.24) is 4.90 Å². The molecule has 0 bridgehead atoms. The predicted octanol–water partition coefficient (Wildman–Crippen LogP) is 2.63. The molecule has 1 heterocycles. The van der Waals surface area contributed by atoms with Gasteiger partial charge in [0.05, 0.1) is 0 Å². The van der Waals surface area contributed by atoms with Gasteiger partial charge in [0.2, 0.25) is 0 Å². The Bertz CT molecular complexity index is 704. The lowest BCUT2D eigenvalue weighted by Gasteiger charge is -2.45. The number of amides is 1. The summed E-state index contributed by atoms with van der Waals surface area (Å²) >= 11 is 0. The third-order valence-corrected chi connectivity index (χ3v) is 4.51. The number of likely N-dealkylation sites (tertiary alicyclic amines) is 1. The fraction of sp³-hybridized carbons (Fsp3) is 0.412. The minimum atomic E-state index is -1.97. The van der Waals surface area contributed by atoms with Crippen LogP contribution >= 0.6 is 0 Å². The highest BCUT2D eigenvalue weighted by Gasteiger charge is 2.60. The van der Waals surface area contributed by atoms with Crippen LogP contribution in [0.3, 0.4) is 0 Å². The maximum absolute atomic E-state index is 12.0. The number of nitro groups is 1. The second-order valence-electron chi connectivity index (χ2n) is 6.19. The molecular weight excluding hydrogens is 328 g/mol. The molecule has 0 radical (unpaired) electrons. The number of ether oxygens (including phenoxy) is 1. The molecule has 1 N–H and O–H groups in total. The van der Waals surface area contributed by atoms with Gasteiger partial charge in [0, 0.05) is 30.4 Å². The van der Waals surface area contributed by atoms with Crippen molar-refractivity contribution in [2.75, 3.05) is 6.54 Å². The summed E-state index contributed by atoms with van der Waals surface area (Å²) in [5.74, 6) is -1.60. The van der Waals surface area contributed by atoms with Crippen molar-refractivity contribution < 1.29 is 24.4 Å². The summed E-state index contributed by atoms with van der Waals surface area (Å²) in [5, 5.41) is 21.3. The molecule has 8 heteroatoms. The van der Waals surface area contributed by atoms with Crippen LogP contribution < -0.4 is 0 Å². The van der Waals surface area contributed by atoms with E-state index in [1.165, 1.54) is 13.8 Å². The van der Waals surface area contributed by atoms with Crippen LogP contribution in [0.15, 0.2) is 42.5 Å². The second kappa shape index (κ2) is 6.92. The zero-order valence-electron chi connectivity index (χ0n) is 14.0. The Labute approximate surface area is 144 Å². The molecule has 0 saturated carbocycles. The highest BCUT2D eigenvalue weighted by atomic mass is 16.6. The Balaban J connectivity index is 2.55. The van der Waals surface area contributed by atoms with Crippen molar-refractivity contribution in [2.24, 2.45) is 0 Å². The first-order chi connectivity index (χ1) is 11.7. The van der Waals surface area contributed by atoms with Crippen LogP contribution in [-0.4, -0.2) is 45.3 Å². The third kappa shape index (κ3) is 3.33. The van der Waals surface area contributed by atoms with Crippen molar-refractivity contribution >= 4 is 12.1 Å². The molecule has 8 nitrogen and oxygen atoms in total. The van der Waals surface area contributed by atoms with E-state index in [0.717, 1.165) is 4.90 Å². The Hall–Kier alpha value is -2.90. The summed E-state index contributed by atoms with van der Waals surface area (Å²) in [6.45, 7) is 6.15. The van der Waals surface area contributed by atoms with Gasteiger partial charge in [-0.15, -0.1) is 0 Å². The molecule has 134 valence electrons. The van der Waals surface area contributed by atoms with Crippen LogP contribution in [0.4, 0.5) is 4.79 Å². The quantitative estimate of drug-likeness (QED) is 0.388. The van der Waals surface area contributed by atoms with E-state index in [9.17, 15) is 24.8 Å². The van der Waals surface area contributed by atoms with E-state index in [4.69, 9.17) is 4.74 Å². The Morgan fingerprint density at radius 1 is 1.40 bits per heavy atom. The van der Waals surface area contributed by atoms with E-state index in [-0.39, 0.29) is 18.5 Å². The summed E-state index contributed by atoms with van der Waals surface area (Å²) < 4.78 is 5.43. The molecule has 0 spiro atoms. The Kier molecular flexibility index (Phi) is 5.10. The topological polar surface area (TPSA) is 110 Å². The maximum Gasteiger partial charge on any atom is 0.412 e. The van der Waals surface area contributed by atoms with Crippen molar-refractivity contribution in [2.45, 2.75) is 38.0 Å². The van der Waals surface area contributed by atoms with Crippen LogP contribution in [-0.2, 0) is 9.53 Å². The van der Waals surface area contributed by atoms with Gasteiger partial charge in [0.15, 0.2) is 0 Å². The first-order valence-electron chi connectivity index (χ1n) is 7.76. The van der Waals surface area contributed by atoms with E-state index in [1.54, 1.807) is 30.3 Å². The fourth-order valence-electron chi connectivity index (χ4n) is 3.23. The smallest absolute Gasteiger partial charge is 0.412 e. The van der Waals surface area contributed by atoms with Gasteiger partial charge < -0.3 is 9.84 Å². The number of carbonyl (C=O) groups is 2. The minimum absolute atomic E-state index is 0.107. The van der Waals surface area contributed by atoms with Crippen LogP contribution in [0, 0.1) is 10.1 Å². The molecule has 1 fully saturated rings. The molecule has 3 unspecified atom stereocenters. The van der Waals surface area contributed by atoms with Crippen LogP contribution in [0.25, 0.3) is 0 Å². The number of nitrogens with zero attached hydrogens (tertiary/aromatic N) is 2. The first kappa shape index (κ1) is 18.4. The van der Waals surface area contributed by atoms with Gasteiger partial charge >= 0.3 is 17.7 Å². The van der Waals surface area contributed by atoms with Gasteiger partial charge in [-0.2, -0.15) is 0 Å². The number of esters is 1. The molecule has 3 atom stereocenters. The van der Waals surface area contributed by atoms with E-state index in [0.29, 0.717) is 5.56 Å². The van der Waals surface area contributed by atoms with Crippen molar-refractivity contribution in [3.8, 4) is 0 Å². The Morgan fingerprint density at radius 3 is 2.48 bits per heavy atom. The highest BCUT2D eigenvalue weighted by Crippen LogP contribution is 2.43. The van der Waals surface area contributed by atoms with Gasteiger partial charge in [-0.05, 0) is 12.5 Å². The zero-order valence-corrected chi connectivity index (χ0v) is 14.0. The van der Waals surface area contributed by atoms with E-state index in [2.05, 4.69) is 6.58 Å².